The molecular weight excluding hydrogens is 224 g/mol. The number of hydrogen-bond acceptors (Lipinski definition) is 0. The molecule has 1 unspecified atom stereocenters. The maximum atomic E-state index is 4.38. The Hall–Kier alpha value is -1.34. The van der Waals surface area contributed by atoms with Gasteiger partial charge >= 0.3 is 0 Å². The summed E-state index contributed by atoms with van der Waals surface area (Å²) in [6.45, 7) is 0. The van der Waals surface area contributed by atoms with Crippen molar-refractivity contribution >= 4 is 16.4 Å². The molecule has 0 bridgehead atoms. The molecule has 0 radical (unpaired) electrons. The van der Waals surface area contributed by atoms with Gasteiger partial charge in [-0.1, -0.05) is 60.5 Å². The largest absolute Gasteiger partial charge is 0.181 e. The van der Waals surface area contributed by atoms with E-state index >= 15 is 0 Å². The van der Waals surface area contributed by atoms with Crippen LogP contribution in [0.25, 0.3) is 0 Å². The molecule has 1 aliphatic heterocycles. The highest BCUT2D eigenvalue weighted by Gasteiger charge is 2.23. The zero-order chi connectivity index (χ0) is 11.7. The van der Waals surface area contributed by atoms with Crippen molar-refractivity contribution in [1.82, 2.24) is 0 Å². The Morgan fingerprint density at radius 3 is 2.47 bits per heavy atom. The van der Waals surface area contributed by atoms with E-state index in [0.717, 1.165) is 0 Å². The van der Waals surface area contributed by atoms with E-state index in [1.54, 1.807) is 0 Å². The summed E-state index contributed by atoms with van der Waals surface area (Å²) in [5, 5.41) is 0.501. The lowest BCUT2D eigenvalue weighted by Gasteiger charge is -2.29. The van der Waals surface area contributed by atoms with Crippen molar-refractivity contribution in [3.05, 3.63) is 71.3 Å². The molecule has 0 amide bonds. The Morgan fingerprint density at radius 2 is 1.65 bits per heavy atom. The summed E-state index contributed by atoms with van der Waals surface area (Å²) < 4.78 is 0. The minimum absolute atomic E-state index is 0.210. The second-order valence-electron chi connectivity index (χ2n) is 4.48. The molecule has 0 aromatic heterocycles. The van der Waals surface area contributed by atoms with Crippen LogP contribution in [0.3, 0.4) is 0 Å². The van der Waals surface area contributed by atoms with Gasteiger partial charge in [-0.25, -0.2) is 0 Å². The highest BCUT2D eigenvalue weighted by atomic mass is 32.2. The quantitative estimate of drug-likeness (QED) is 0.660. The molecule has 2 aromatic rings. The van der Waals surface area contributed by atoms with Crippen molar-refractivity contribution in [2.45, 2.75) is 11.7 Å². The van der Waals surface area contributed by atoms with Crippen molar-refractivity contribution in [2.75, 3.05) is 5.75 Å². The Morgan fingerprint density at radius 1 is 0.941 bits per heavy atom. The molecule has 17 heavy (non-hydrogen) atoms. The number of aryl methyl sites for hydroxylation is 1. The normalized spacial score (nSPS) is 23.1. The zero-order valence-electron chi connectivity index (χ0n) is 9.80. The van der Waals surface area contributed by atoms with Crippen LogP contribution in [-0.4, -0.2) is 11.6 Å². The molecule has 86 valence electrons. The lowest BCUT2D eigenvalue weighted by molar-refractivity contribution is 1.01. The van der Waals surface area contributed by atoms with Gasteiger partial charge in [0.05, 0.1) is 0 Å². The SMILES string of the molecule is C=S1CCc2ccccc2[C@@H]1c1ccccc1. The third-order valence-electron chi connectivity index (χ3n) is 3.41. The molecule has 2 aromatic carbocycles. The third-order valence-corrected chi connectivity index (χ3v) is 5.33. The highest BCUT2D eigenvalue weighted by molar-refractivity contribution is 8.14. The fourth-order valence-corrected chi connectivity index (χ4v) is 4.40. The zero-order valence-corrected chi connectivity index (χ0v) is 10.6. The minimum Gasteiger partial charge on any atom is -0.181 e. The molecule has 0 fully saturated rings. The van der Waals surface area contributed by atoms with E-state index in [0.29, 0.717) is 5.25 Å². The van der Waals surface area contributed by atoms with Crippen LogP contribution in [0.5, 0.6) is 0 Å². The van der Waals surface area contributed by atoms with Gasteiger partial charge in [-0.15, -0.1) is 0 Å². The first-order chi connectivity index (χ1) is 8.36. The minimum atomic E-state index is 0.210. The van der Waals surface area contributed by atoms with E-state index in [4.69, 9.17) is 0 Å². The van der Waals surface area contributed by atoms with E-state index in [-0.39, 0.29) is 10.5 Å². The van der Waals surface area contributed by atoms with Crippen LogP contribution in [0.2, 0.25) is 0 Å². The molecule has 0 aliphatic carbocycles. The van der Waals surface area contributed by atoms with Crippen molar-refractivity contribution in [3.8, 4) is 0 Å². The van der Waals surface area contributed by atoms with Gasteiger partial charge in [0.25, 0.3) is 0 Å². The van der Waals surface area contributed by atoms with Crippen LogP contribution in [0.1, 0.15) is 21.9 Å². The summed E-state index contributed by atoms with van der Waals surface area (Å²) in [7, 11) is 0.210. The van der Waals surface area contributed by atoms with Gasteiger partial charge in [-0.3, -0.25) is 0 Å². The van der Waals surface area contributed by atoms with Crippen LogP contribution in [-0.2, 0) is 6.42 Å². The number of rotatable bonds is 1. The second kappa shape index (κ2) is 4.50. The lowest BCUT2D eigenvalue weighted by Crippen LogP contribution is -2.11. The highest BCUT2D eigenvalue weighted by Crippen LogP contribution is 2.44. The van der Waals surface area contributed by atoms with Crippen molar-refractivity contribution < 1.29 is 0 Å². The fourth-order valence-electron chi connectivity index (χ4n) is 2.56. The first-order valence-corrected chi connectivity index (χ1v) is 7.61. The number of benzene rings is 2. The van der Waals surface area contributed by atoms with Crippen molar-refractivity contribution in [3.63, 3.8) is 0 Å². The van der Waals surface area contributed by atoms with Gasteiger partial charge in [0, 0.05) is 5.25 Å². The number of fused-ring (bicyclic) bond motifs is 1. The van der Waals surface area contributed by atoms with E-state index in [2.05, 4.69) is 60.5 Å². The van der Waals surface area contributed by atoms with E-state index < -0.39 is 0 Å². The van der Waals surface area contributed by atoms with Crippen LogP contribution < -0.4 is 0 Å². The molecule has 0 saturated heterocycles. The summed E-state index contributed by atoms with van der Waals surface area (Å²) in [6, 6.07) is 19.6. The average Bonchev–Trinajstić information content (AvgIpc) is 2.39. The first kappa shape index (κ1) is 10.8. The summed E-state index contributed by atoms with van der Waals surface area (Å²) in [4.78, 5) is 0. The third kappa shape index (κ3) is 1.96. The Bertz CT molecular complexity index is 542. The van der Waals surface area contributed by atoms with Crippen LogP contribution in [0, 0.1) is 0 Å². The van der Waals surface area contributed by atoms with E-state index in [9.17, 15) is 0 Å². The standard InChI is InChI=1S/C16H16S/c1-17-12-11-13-7-5-6-10-15(13)16(17)14-8-3-2-4-9-14/h2-10,16H,1,11-12H2/t16-,17?/m0/s1. The number of hydrogen-bond donors (Lipinski definition) is 0. The Kier molecular flexibility index (Phi) is 2.86. The second-order valence-corrected chi connectivity index (χ2v) is 6.44. The molecule has 3 rings (SSSR count). The molecule has 0 N–H and O–H groups in total. The van der Waals surface area contributed by atoms with E-state index in [1.165, 1.54) is 28.9 Å². The summed E-state index contributed by atoms with van der Waals surface area (Å²) in [6.07, 6.45) is 1.19. The van der Waals surface area contributed by atoms with Gasteiger partial charge in [-0.05, 0) is 28.9 Å². The summed E-state index contributed by atoms with van der Waals surface area (Å²) in [5.41, 5.74) is 4.41. The average molecular weight is 240 g/mol. The first-order valence-electron chi connectivity index (χ1n) is 5.98. The van der Waals surface area contributed by atoms with Crippen LogP contribution in [0.15, 0.2) is 54.6 Å². The van der Waals surface area contributed by atoms with Crippen molar-refractivity contribution in [2.24, 2.45) is 0 Å². The summed E-state index contributed by atoms with van der Waals surface area (Å²) in [5.74, 6) is 5.60. The topological polar surface area (TPSA) is 0 Å². The molecule has 2 atom stereocenters. The molecular formula is C16H16S. The van der Waals surface area contributed by atoms with Gasteiger partial charge in [-0.2, -0.15) is 10.5 Å². The lowest BCUT2D eigenvalue weighted by atomic mass is 9.97. The van der Waals surface area contributed by atoms with Gasteiger partial charge in [0.2, 0.25) is 0 Å². The maximum Gasteiger partial charge on any atom is 0.0494 e. The smallest absolute Gasteiger partial charge is 0.0494 e. The molecule has 1 heterocycles. The Labute approximate surface area is 105 Å². The van der Waals surface area contributed by atoms with Crippen LogP contribution >= 0.6 is 10.5 Å². The molecule has 0 saturated carbocycles. The molecule has 1 aliphatic rings. The maximum absolute atomic E-state index is 4.38. The Balaban J connectivity index is 2.13. The summed E-state index contributed by atoms with van der Waals surface area (Å²) >= 11 is 0. The monoisotopic (exact) mass is 240 g/mol. The van der Waals surface area contributed by atoms with Crippen LogP contribution in [0.4, 0.5) is 0 Å². The predicted molar refractivity (Wildman–Crippen MR) is 78.0 cm³/mol. The molecule has 0 spiro atoms. The fraction of sp³-hybridized carbons (Fsp3) is 0.188. The molecule has 1 heteroatoms. The predicted octanol–water partition coefficient (Wildman–Crippen LogP) is 4.03. The van der Waals surface area contributed by atoms with Gasteiger partial charge < -0.3 is 0 Å². The van der Waals surface area contributed by atoms with Gasteiger partial charge in [0.15, 0.2) is 0 Å². The molecule has 0 nitrogen and oxygen atoms in total. The van der Waals surface area contributed by atoms with Crippen molar-refractivity contribution in [1.29, 1.82) is 0 Å². The van der Waals surface area contributed by atoms with Gasteiger partial charge in [0.1, 0.15) is 0 Å². The van der Waals surface area contributed by atoms with E-state index in [1.807, 2.05) is 0 Å².